The molecule has 2 aromatic rings. The highest BCUT2D eigenvalue weighted by atomic mass is 16.6. The molecule has 0 unspecified atom stereocenters. The molecule has 0 spiro atoms. The second-order valence-corrected chi connectivity index (χ2v) is 4.11. The van der Waals surface area contributed by atoms with Crippen molar-refractivity contribution in [3.63, 3.8) is 0 Å². The molecule has 0 atom stereocenters. The number of nitrogens with one attached hydrogen (secondary N) is 1. The van der Waals surface area contributed by atoms with E-state index in [4.69, 9.17) is 4.74 Å². The highest BCUT2D eigenvalue weighted by molar-refractivity contribution is 6.05. The van der Waals surface area contributed by atoms with E-state index in [-0.39, 0.29) is 5.75 Å². The number of imide groups is 1. The topological polar surface area (TPSA) is 111 Å². The van der Waals surface area contributed by atoms with Crippen LogP contribution < -0.4 is 10.1 Å². The number of benzene rings is 1. The number of hydrogen-bond donors (Lipinski definition) is 1. The van der Waals surface area contributed by atoms with Crippen LogP contribution in [0.5, 0.6) is 5.75 Å². The summed E-state index contributed by atoms with van der Waals surface area (Å²) in [6.45, 7) is -0.537. The van der Waals surface area contributed by atoms with Crippen LogP contribution in [-0.4, -0.2) is 28.3 Å². The predicted molar refractivity (Wildman–Crippen MR) is 75.3 cm³/mol. The zero-order valence-corrected chi connectivity index (χ0v) is 11.3. The first kappa shape index (κ1) is 15.1. The molecule has 0 aliphatic rings. The van der Waals surface area contributed by atoms with E-state index in [1.54, 1.807) is 30.3 Å². The van der Waals surface area contributed by atoms with Crippen molar-refractivity contribution in [1.82, 2.24) is 10.3 Å². The Morgan fingerprint density at radius 3 is 2.59 bits per heavy atom. The van der Waals surface area contributed by atoms with Crippen molar-refractivity contribution < 1.29 is 19.2 Å². The molecule has 112 valence electrons. The molecule has 0 bridgehead atoms. The van der Waals surface area contributed by atoms with Crippen LogP contribution >= 0.6 is 0 Å². The molecule has 2 amide bonds. The zero-order valence-electron chi connectivity index (χ0n) is 11.3. The number of aromatic nitrogens is 1. The minimum absolute atomic E-state index is 0.144. The molecule has 0 radical (unpaired) electrons. The summed E-state index contributed by atoms with van der Waals surface area (Å²) in [6.07, 6.45) is 1.24. The summed E-state index contributed by atoms with van der Waals surface area (Å²) < 4.78 is 5.03. The minimum atomic E-state index is -0.720. The standard InChI is InChI=1S/C14H11N3O5/c18-12(16-14(19)10-5-2-1-3-6-10)9-22-11-7-4-8-15-13(11)17(20)21/h1-8H,9H2,(H,16,18,19). The van der Waals surface area contributed by atoms with Crippen molar-refractivity contribution in [2.45, 2.75) is 0 Å². The quantitative estimate of drug-likeness (QED) is 0.658. The molecular weight excluding hydrogens is 290 g/mol. The van der Waals surface area contributed by atoms with Gasteiger partial charge in [-0.2, -0.15) is 0 Å². The lowest BCUT2D eigenvalue weighted by molar-refractivity contribution is -0.390. The average molecular weight is 301 g/mol. The largest absolute Gasteiger partial charge is 0.476 e. The molecule has 2 rings (SSSR count). The van der Waals surface area contributed by atoms with Gasteiger partial charge in [-0.25, -0.2) is 0 Å². The van der Waals surface area contributed by atoms with Gasteiger partial charge in [-0.1, -0.05) is 18.2 Å². The van der Waals surface area contributed by atoms with E-state index in [1.165, 1.54) is 18.3 Å². The Hall–Kier alpha value is -3.29. The second-order valence-electron chi connectivity index (χ2n) is 4.11. The maximum absolute atomic E-state index is 11.7. The molecule has 8 heteroatoms. The van der Waals surface area contributed by atoms with Gasteiger partial charge in [-0.05, 0) is 34.2 Å². The summed E-state index contributed by atoms with van der Waals surface area (Å²) in [4.78, 5) is 36.9. The number of nitrogens with zero attached hydrogens (tertiary/aromatic N) is 2. The monoisotopic (exact) mass is 301 g/mol. The van der Waals surface area contributed by atoms with Gasteiger partial charge in [0.1, 0.15) is 6.20 Å². The number of rotatable bonds is 5. The van der Waals surface area contributed by atoms with Gasteiger partial charge >= 0.3 is 5.82 Å². The van der Waals surface area contributed by atoms with Gasteiger partial charge in [0.25, 0.3) is 11.8 Å². The van der Waals surface area contributed by atoms with Crippen molar-refractivity contribution >= 4 is 17.6 Å². The van der Waals surface area contributed by atoms with Crippen LogP contribution in [0.2, 0.25) is 0 Å². The first-order valence-corrected chi connectivity index (χ1v) is 6.19. The fourth-order valence-electron chi connectivity index (χ4n) is 1.60. The van der Waals surface area contributed by atoms with E-state index < -0.39 is 29.2 Å². The van der Waals surface area contributed by atoms with Gasteiger partial charge in [0, 0.05) is 5.56 Å². The normalized spacial score (nSPS) is 9.82. The number of hydrogen-bond acceptors (Lipinski definition) is 6. The summed E-state index contributed by atoms with van der Waals surface area (Å²) in [6, 6.07) is 10.9. The van der Waals surface area contributed by atoms with Crippen LogP contribution in [0.1, 0.15) is 10.4 Å². The van der Waals surface area contributed by atoms with Gasteiger partial charge in [-0.3, -0.25) is 14.9 Å². The lowest BCUT2D eigenvalue weighted by atomic mass is 10.2. The lowest BCUT2D eigenvalue weighted by Gasteiger charge is -2.06. The van der Waals surface area contributed by atoms with E-state index >= 15 is 0 Å². The first-order chi connectivity index (χ1) is 10.6. The lowest BCUT2D eigenvalue weighted by Crippen LogP contribution is -2.34. The highest BCUT2D eigenvalue weighted by Crippen LogP contribution is 2.22. The molecular formula is C14H11N3O5. The fourth-order valence-corrected chi connectivity index (χ4v) is 1.60. The Labute approximate surface area is 124 Å². The Morgan fingerprint density at radius 1 is 1.18 bits per heavy atom. The Morgan fingerprint density at radius 2 is 1.91 bits per heavy atom. The van der Waals surface area contributed by atoms with Crippen molar-refractivity contribution in [2.24, 2.45) is 0 Å². The van der Waals surface area contributed by atoms with Crippen LogP contribution in [0.15, 0.2) is 48.7 Å². The highest BCUT2D eigenvalue weighted by Gasteiger charge is 2.17. The number of carbonyl (C=O) groups is 2. The number of nitro groups is 1. The summed E-state index contributed by atoms with van der Waals surface area (Å²) in [5.41, 5.74) is 0.322. The van der Waals surface area contributed by atoms with Crippen LogP contribution in [-0.2, 0) is 4.79 Å². The zero-order chi connectivity index (χ0) is 15.9. The van der Waals surface area contributed by atoms with Crippen LogP contribution in [0.25, 0.3) is 0 Å². The first-order valence-electron chi connectivity index (χ1n) is 6.19. The van der Waals surface area contributed by atoms with Crippen LogP contribution in [0.4, 0.5) is 5.82 Å². The smallest absolute Gasteiger partial charge is 0.406 e. The maximum Gasteiger partial charge on any atom is 0.406 e. The molecule has 0 aliphatic carbocycles. The SMILES string of the molecule is O=C(COc1cccnc1[N+](=O)[O-])NC(=O)c1ccccc1. The molecule has 22 heavy (non-hydrogen) atoms. The second kappa shape index (κ2) is 6.93. The van der Waals surface area contributed by atoms with Gasteiger partial charge in [0.2, 0.25) is 5.75 Å². The molecule has 0 aliphatic heterocycles. The maximum atomic E-state index is 11.7. The molecule has 1 heterocycles. The number of carbonyl (C=O) groups excluding carboxylic acids is 2. The summed E-state index contributed by atoms with van der Waals surface area (Å²) in [7, 11) is 0. The third kappa shape index (κ3) is 3.85. The van der Waals surface area contributed by atoms with E-state index in [0.29, 0.717) is 5.56 Å². The molecule has 0 saturated heterocycles. The van der Waals surface area contributed by atoms with Crippen LogP contribution in [0.3, 0.4) is 0 Å². The number of ether oxygens (including phenoxy) is 1. The summed E-state index contributed by atoms with van der Waals surface area (Å²) in [5.74, 6) is -1.93. The molecule has 8 nitrogen and oxygen atoms in total. The van der Waals surface area contributed by atoms with Gasteiger partial charge < -0.3 is 14.9 Å². The van der Waals surface area contributed by atoms with E-state index in [2.05, 4.69) is 10.3 Å². The van der Waals surface area contributed by atoms with Crippen LogP contribution in [0, 0.1) is 10.1 Å². The van der Waals surface area contributed by atoms with Gasteiger partial charge in [0.15, 0.2) is 6.61 Å². The van der Waals surface area contributed by atoms with E-state index in [9.17, 15) is 19.7 Å². The average Bonchev–Trinajstić information content (AvgIpc) is 2.54. The van der Waals surface area contributed by atoms with Crippen molar-refractivity contribution in [1.29, 1.82) is 0 Å². The predicted octanol–water partition coefficient (Wildman–Crippen LogP) is 1.33. The molecule has 1 aromatic heterocycles. The number of amides is 2. The fraction of sp³-hybridized carbons (Fsp3) is 0.0714. The molecule has 1 N–H and O–H groups in total. The summed E-state index contributed by atoms with van der Waals surface area (Å²) >= 11 is 0. The third-order valence-corrected chi connectivity index (χ3v) is 2.57. The van der Waals surface area contributed by atoms with Gasteiger partial charge in [0.05, 0.1) is 0 Å². The molecule has 1 aromatic carbocycles. The van der Waals surface area contributed by atoms with E-state index in [0.717, 1.165) is 0 Å². The Bertz CT molecular complexity index is 703. The van der Waals surface area contributed by atoms with Crippen molar-refractivity contribution in [2.75, 3.05) is 6.61 Å². The van der Waals surface area contributed by atoms with Gasteiger partial charge in [-0.15, -0.1) is 0 Å². The Kier molecular flexibility index (Phi) is 4.76. The number of pyridine rings is 1. The van der Waals surface area contributed by atoms with Crippen molar-refractivity contribution in [3.05, 3.63) is 64.3 Å². The minimum Gasteiger partial charge on any atom is -0.476 e. The van der Waals surface area contributed by atoms with Crippen molar-refractivity contribution in [3.8, 4) is 5.75 Å². The summed E-state index contributed by atoms with van der Waals surface area (Å²) in [5, 5.41) is 12.9. The Balaban J connectivity index is 1.94. The third-order valence-electron chi connectivity index (χ3n) is 2.57. The molecule has 0 saturated carbocycles. The van der Waals surface area contributed by atoms with E-state index in [1.807, 2.05) is 0 Å². The molecule has 0 fully saturated rings.